The molecule has 8 heteroatoms. The molecule has 20 heavy (non-hydrogen) atoms. The van der Waals surface area contributed by atoms with Crippen molar-refractivity contribution in [3.8, 4) is 0 Å². The maximum atomic E-state index is 12.1. The van der Waals surface area contributed by atoms with E-state index in [0.717, 1.165) is 11.6 Å². The number of carbonyl (C=O) groups is 1. The van der Waals surface area contributed by atoms with Gasteiger partial charge in [0, 0.05) is 29.6 Å². The number of hydrogen-bond donors (Lipinski definition) is 3. The van der Waals surface area contributed by atoms with Gasteiger partial charge in [0.05, 0.1) is 22.7 Å². The minimum Gasteiger partial charge on any atom is -0.398 e. The van der Waals surface area contributed by atoms with Crippen LogP contribution in [-0.2, 0) is 0 Å². The molecule has 0 radical (unpaired) electrons. The molecule has 0 aliphatic rings. The number of anilines is 1. The zero-order valence-electron chi connectivity index (χ0n) is 10.7. The molecular formula is C12H13N5O3. The second-order valence-electron chi connectivity index (χ2n) is 4.26. The van der Waals surface area contributed by atoms with E-state index < -0.39 is 10.8 Å². The van der Waals surface area contributed by atoms with Crippen molar-refractivity contribution in [1.29, 1.82) is 0 Å². The third-order valence-electron chi connectivity index (χ3n) is 2.86. The Morgan fingerprint density at radius 1 is 1.55 bits per heavy atom. The van der Waals surface area contributed by atoms with E-state index in [4.69, 9.17) is 5.73 Å². The lowest BCUT2D eigenvalue weighted by Crippen LogP contribution is -2.27. The fourth-order valence-corrected chi connectivity index (χ4v) is 1.71. The van der Waals surface area contributed by atoms with Crippen molar-refractivity contribution in [1.82, 2.24) is 15.5 Å². The summed E-state index contributed by atoms with van der Waals surface area (Å²) in [5.41, 5.74) is 6.56. The summed E-state index contributed by atoms with van der Waals surface area (Å²) in [6.07, 6.45) is 3.24. The fraction of sp³-hybridized carbons (Fsp3) is 0.167. The largest absolute Gasteiger partial charge is 0.398 e. The minimum atomic E-state index is -0.574. The van der Waals surface area contributed by atoms with Gasteiger partial charge < -0.3 is 11.1 Å². The van der Waals surface area contributed by atoms with Crippen LogP contribution in [0.5, 0.6) is 0 Å². The second-order valence-corrected chi connectivity index (χ2v) is 4.26. The number of amides is 1. The van der Waals surface area contributed by atoms with Gasteiger partial charge in [-0.1, -0.05) is 0 Å². The molecule has 2 rings (SSSR count). The number of aromatic amines is 1. The maximum absolute atomic E-state index is 12.1. The van der Waals surface area contributed by atoms with Gasteiger partial charge in [0.15, 0.2) is 0 Å². The number of non-ortho nitro benzene ring substituents is 1. The van der Waals surface area contributed by atoms with Gasteiger partial charge >= 0.3 is 0 Å². The third-order valence-corrected chi connectivity index (χ3v) is 2.86. The topological polar surface area (TPSA) is 127 Å². The Balaban J connectivity index is 2.20. The van der Waals surface area contributed by atoms with E-state index in [1.165, 1.54) is 12.1 Å². The monoisotopic (exact) mass is 275 g/mol. The summed E-state index contributed by atoms with van der Waals surface area (Å²) in [5, 5.41) is 19.9. The summed E-state index contributed by atoms with van der Waals surface area (Å²) < 4.78 is 0. The van der Waals surface area contributed by atoms with Crippen molar-refractivity contribution in [2.24, 2.45) is 0 Å². The summed E-state index contributed by atoms with van der Waals surface area (Å²) in [5.74, 6) is -0.472. The number of nitrogens with one attached hydrogen (secondary N) is 2. The average Bonchev–Trinajstić information content (AvgIpc) is 2.92. The van der Waals surface area contributed by atoms with Crippen molar-refractivity contribution in [2.75, 3.05) is 5.73 Å². The first-order chi connectivity index (χ1) is 9.49. The smallest absolute Gasteiger partial charge is 0.270 e. The molecule has 0 fully saturated rings. The summed E-state index contributed by atoms with van der Waals surface area (Å²) >= 11 is 0. The number of benzene rings is 1. The van der Waals surface area contributed by atoms with Crippen LogP contribution in [0.25, 0.3) is 0 Å². The lowest BCUT2D eigenvalue weighted by molar-refractivity contribution is -0.384. The van der Waals surface area contributed by atoms with Gasteiger partial charge in [-0.05, 0) is 13.0 Å². The van der Waals surface area contributed by atoms with Crippen LogP contribution in [-0.4, -0.2) is 21.0 Å². The van der Waals surface area contributed by atoms with Gasteiger partial charge in [0.25, 0.3) is 11.6 Å². The number of nitrogens with two attached hydrogens (primary N) is 1. The molecule has 0 bridgehead atoms. The molecule has 0 aliphatic heterocycles. The number of carbonyl (C=O) groups excluding carboxylic acids is 1. The Hall–Kier alpha value is -2.90. The quantitative estimate of drug-likeness (QED) is 0.441. The molecule has 8 nitrogen and oxygen atoms in total. The predicted molar refractivity (Wildman–Crippen MR) is 72.0 cm³/mol. The molecule has 0 aliphatic carbocycles. The number of nitrogens with zero attached hydrogens (tertiary/aromatic N) is 2. The van der Waals surface area contributed by atoms with Crippen LogP contribution in [0.1, 0.15) is 28.9 Å². The summed E-state index contributed by atoms with van der Waals surface area (Å²) in [6.45, 7) is 1.77. The van der Waals surface area contributed by atoms with Crippen LogP contribution < -0.4 is 11.1 Å². The van der Waals surface area contributed by atoms with Crippen LogP contribution in [0.2, 0.25) is 0 Å². The van der Waals surface area contributed by atoms with E-state index in [1.54, 1.807) is 19.3 Å². The Morgan fingerprint density at radius 2 is 2.30 bits per heavy atom. The van der Waals surface area contributed by atoms with Gasteiger partial charge in [0.2, 0.25) is 0 Å². The summed E-state index contributed by atoms with van der Waals surface area (Å²) in [7, 11) is 0. The van der Waals surface area contributed by atoms with Crippen molar-refractivity contribution in [3.05, 3.63) is 51.8 Å². The van der Waals surface area contributed by atoms with Gasteiger partial charge in [-0.25, -0.2) is 0 Å². The molecule has 1 heterocycles. The van der Waals surface area contributed by atoms with E-state index in [9.17, 15) is 14.9 Å². The van der Waals surface area contributed by atoms with Gasteiger partial charge in [-0.2, -0.15) is 5.10 Å². The molecule has 1 atom stereocenters. The molecule has 104 valence electrons. The van der Waals surface area contributed by atoms with E-state index in [0.29, 0.717) is 0 Å². The highest BCUT2D eigenvalue weighted by Crippen LogP contribution is 2.20. The number of nitro groups is 1. The number of H-pyrrole nitrogens is 1. The number of hydrogen-bond acceptors (Lipinski definition) is 5. The molecule has 1 aromatic carbocycles. The van der Waals surface area contributed by atoms with Crippen LogP contribution >= 0.6 is 0 Å². The van der Waals surface area contributed by atoms with Gasteiger partial charge in [0.1, 0.15) is 0 Å². The van der Waals surface area contributed by atoms with Crippen molar-refractivity contribution >= 4 is 17.3 Å². The van der Waals surface area contributed by atoms with Gasteiger partial charge in [-0.3, -0.25) is 20.0 Å². The standard InChI is InChI=1S/C12H13N5O3/c1-7(8-5-14-15-6-8)16-12(18)10-4-9(17(19)20)2-3-11(10)13/h2-7H,13H2,1H3,(H,14,15)(H,16,18). The van der Waals surface area contributed by atoms with Crippen LogP contribution in [0.15, 0.2) is 30.6 Å². The molecule has 0 spiro atoms. The van der Waals surface area contributed by atoms with Crippen molar-refractivity contribution in [2.45, 2.75) is 13.0 Å². The minimum absolute atomic E-state index is 0.0783. The SMILES string of the molecule is CC(NC(=O)c1cc([N+](=O)[O-])ccc1N)c1cn[nH]c1. The molecule has 2 aromatic rings. The second kappa shape index (κ2) is 5.39. The highest BCUT2D eigenvalue weighted by atomic mass is 16.6. The predicted octanol–water partition coefficient (Wildman–Crippen LogP) is 1.39. The Morgan fingerprint density at radius 3 is 2.90 bits per heavy atom. The summed E-state index contributed by atoms with van der Waals surface area (Å²) in [4.78, 5) is 22.2. The van der Waals surface area contributed by atoms with Crippen LogP contribution in [0, 0.1) is 10.1 Å². The molecule has 1 aromatic heterocycles. The zero-order chi connectivity index (χ0) is 14.7. The van der Waals surface area contributed by atoms with E-state index >= 15 is 0 Å². The molecule has 0 saturated heterocycles. The average molecular weight is 275 g/mol. The van der Waals surface area contributed by atoms with Crippen molar-refractivity contribution < 1.29 is 9.72 Å². The molecule has 1 unspecified atom stereocenters. The molecule has 4 N–H and O–H groups in total. The lowest BCUT2D eigenvalue weighted by atomic mass is 10.1. The highest BCUT2D eigenvalue weighted by Gasteiger charge is 2.17. The molecular weight excluding hydrogens is 262 g/mol. The Bertz CT molecular complexity index is 639. The van der Waals surface area contributed by atoms with E-state index in [2.05, 4.69) is 15.5 Å². The third kappa shape index (κ3) is 2.74. The number of aromatic nitrogens is 2. The first-order valence-corrected chi connectivity index (χ1v) is 5.82. The Kier molecular flexibility index (Phi) is 3.65. The molecule has 1 amide bonds. The fourth-order valence-electron chi connectivity index (χ4n) is 1.71. The highest BCUT2D eigenvalue weighted by molar-refractivity contribution is 6.00. The van der Waals surface area contributed by atoms with Crippen molar-refractivity contribution in [3.63, 3.8) is 0 Å². The molecule has 0 saturated carbocycles. The lowest BCUT2D eigenvalue weighted by Gasteiger charge is -2.13. The zero-order valence-corrected chi connectivity index (χ0v) is 10.7. The van der Waals surface area contributed by atoms with Gasteiger partial charge in [-0.15, -0.1) is 0 Å². The number of nitrogen functional groups attached to an aromatic ring is 1. The van der Waals surface area contributed by atoms with Crippen LogP contribution in [0.3, 0.4) is 0 Å². The first-order valence-electron chi connectivity index (χ1n) is 5.82. The summed E-state index contributed by atoms with van der Waals surface area (Å²) in [6, 6.07) is 3.47. The van der Waals surface area contributed by atoms with Crippen LogP contribution in [0.4, 0.5) is 11.4 Å². The maximum Gasteiger partial charge on any atom is 0.270 e. The van der Waals surface area contributed by atoms with E-state index in [1.807, 2.05) is 0 Å². The Labute approximate surface area is 114 Å². The normalized spacial score (nSPS) is 11.8. The van der Waals surface area contributed by atoms with E-state index in [-0.39, 0.29) is 23.0 Å². The first kappa shape index (κ1) is 13.5. The number of rotatable bonds is 4. The number of nitro benzene ring substituents is 1.